The maximum absolute atomic E-state index is 5.80. The summed E-state index contributed by atoms with van der Waals surface area (Å²) in [5.41, 5.74) is 3.82. The van der Waals surface area contributed by atoms with Gasteiger partial charge in [0, 0.05) is 18.5 Å². The van der Waals surface area contributed by atoms with Crippen LogP contribution in [0.4, 0.5) is 0 Å². The van der Waals surface area contributed by atoms with Gasteiger partial charge in [-0.15, -0.1) is 12.4 Å². The topological polar surface area (TPSA) is 12.5 Å². The van der Waals surface area contributed by atoms with E-state index in [0.717, 1.165) is 19.6 Å². The molecule has 0 aliphatic rings. The van der Waals surface area contributed by atoms with Gasteiger partial charge in [0.1, 0.15) is 0 Å². The molecule has 0 aliphatic heterocycles. The molecule has 2 rings (SSSR count). The molecule has 0 amide bonds. The average Bonchev–Trinajstić information content (AvgIpc) is 3.19. The number of ether oxygens (including phenoxy) is 1. The lowest BCUT2D eigenvalue weighted by molar-refractivity contribution is 0.149. The number of thiophene rings is 1. The van der Waals surface area contributed by atoms with Crippen LogP contribution in [0.5, 0.6) is 0 Å². The first-order valence-corrected chi connectivity index (χ1v) is 11.1. The molecule has 1 heterocycles. The van der Waals surface area contributed by atoms with Crippen LogP contribution >= 0.6 is 23.7 Å². The molecular weight excluding hydrogens is 410 g/mol. The number of likely N-dealkylation sites (N-methyl/N-ethyl adjacent to an activating group) is 1. The minimum atomic E-state index is 0. The predicted molar refractivity (Wildman–Crippen MR) is 134 cm³/mol. The molecule has 0 saturated heterocycles. The van der Waals surface area contributed by atoms with Crippen LogP contribution in [-0.2, 0) is 17.9 Å². The lowest BCUT2D eigenvalue weighted by Gasteiger charge is -2.18. The highest BCUT2D eigenvalue weighted by Gasteiger charge is 2.04. The Morgan fingerprint density at radius 1 is 1.13 bits per heavy atom. The van der Waals surface area contributed by atoms with Crippen molar-refractivity contribution in [2.75, 3.05) is 19.7 Å². The minimum Gasteiger partial charge on any atom is -0.373 e. The molecule has 4 heteroatoms. The molecule has 0 fully saturated rings. The summed E-state index contributed by atoms with van der Waals surface area (Å²) in [5, 5.41) is 4.21. The van der Waals surface area contributed by atoms with E-state index in [1.165, 1.54) is 16.7 Å². The zero-order valence-corrected chi connectivity index (χ0v) is 20.2. The highest BCUT2D eigenvalue weighted by atomic mass is 35.5. The highest BCUT2D eigenvalue weighted by molar-refractivity contribution is 7.08. The summed E-state index contributed by atoms with van der Waals surface area (Å²) >= 11 is 1.71. The van der Waals surface area contributed by atoms with Gasteiger partial charge in [0.2, 0.25) is 0 Å². The summed E-state index contributed by atoms with van der Waals surface area (Å²) in [4.78, 5) is 2.40. The second-order valence-electron chi connectivity index (χ2n) is 8.04. The smallest absolute Gasteiger partial charge is 0.0721 e. The number of hydrogen-bond acceptors (Lipinski definition) is 3. The van der Waals surface area contributed by atoms with Crippen LogP contribution in [0.25, 0.3) is 6.08 Å². The molecule has 2 aromatic rings. The largest absolute Gasteiger partial charge is 0.373 e. The zero-order valence-electron chi connectivity index (χ0n) is 18.6. The summed E-state index contributed by atoms with van der Waals surface area (Å²) in [6, 6.07) is 10.8. The molecule has 0 unspecified atom stereocenters. The Morgan fingerprint density at radius 2 is 1.93 bits per heavy atom. The van der Waals surface area contributed by atoms with E-state index < -0.39 is 0 Å². The van der Waals surface area contributed by atoms with Crippen LogP contribution in [0, 0.1) is 17.3 Å². The first-order valence-electron chi connectivity index (χ1n) is 10.2. The number of allylic oxidation sites excluding steroid dienone is 1. The number of hydrogen-bond donors (Lipinski definition) is 0. The van der Waals surface area contributed by atoms with Gasteiger partial charge in [0.15, 0.2) is 0 Å². The summed E-state index contributed by atoms with van der Waals surface area (Å²) in [6.45, 7) is 12.7. The van der Waals surface area contributed by atoms with Crippen molar-refractivity contribution >= 4 is 29.8 Å². The van der Waals surface area contributed by atoms with E-state index in [9.17, 15) is 0 Å². The molecule has 0 N–H and O–H groups in total. The van der Waals surface area contributed by atoms with Crippen LogP contribution in [-0.4, -0.2) is 24.6 Å². The fraction of sp³-hybridized carbons (Fsp3) is 0.385. The standard InChI is InChI=1S/C26H33NOS.ClH/c1-5-27(16-8-6-7-15-26(2,3)4)20-24-11-9-12-25(19-24)21-28-17-10-13-23-14-18-29-22-23;/h6,8-14,18-19,22H,5,16-17,20-21H2,1-4H3;1H/b8-6+,13-10+;. The van der Waals surface area contributed by atoms with Crippen molar-refractivity contribution in [1.82, 2.24) is 4.90 Å². The molecule has 30 heavy (non-hydrogen) atoms. The molecule has 162 valence electrons. The molecule has 0 saturated carbocycles. The molecule has 1 aromatic carbocycles. The molecule has 0 spiro atoms. The van der Waals surface area contributed by atoms with E-state index in [1.54, 1.807) is 11.3 Å². The first kappa shape index (κ1) is 26.2. The van der Waals surface area contributed by atoms with E-state index in [-0.39, 0.29) is 17.8 Å². The van der Waals surface area contributed by atoms with Crippen LogP contribution in [0.1, 0.15) is 44.4 Å². The third-order valence-electron chi connectivity index (χ3n) is 4.19. The van der Waals surface area contributed by atoms with E-state index >= 15 is 0 Å². The average molecular weight is 444 g/mol. The molecule has 2 nitrogen and oxygen atoms in total. The number of halogens is 1. The first-order chi connectivity index (χ1) is 14.0. The normalized spacial score (nSPS) is 11.6. The fourth-order valence-corrected chi connectivity index (χ4v) is 3.33. The van der Waals surface area contributed by atoms with E-state index in [0.29, 0.717) is 13.2 Å². The van der Waals surface area contributed by atoms with Gasteiger partial charge < -0.3 is 4.74 Å². The van der Waals surface area contributed by atoms with Crippen molar-refractivity contribution in [2.24, 2.45) is 5.41 Å². The van der Waals surface area contributed by atoms with Crippen LogP contribution in [0.15, 0.2) is 59.3 Å². The maximum Gasteiger partial charge on any atom is 0.0721 e. The molecule has 0 bridgehead atoms. The Morgan fingerprint density at radius 3 is 2.63 bits per heavy atom. The van der Waals surface area contributed by atoms with E-state index in [1.807, 2.05) is 6.08 Å². The molecule has 0 aliphatic carbocycles. The quantitative estimate of drug-likeness (QED) is 0.295. The van der Waals surface area contributed by atoms with Gasteiger partial charge in [0.05, 0.1) is 13.2 Å². The Bertz CT molecular complexity index is 838. The van der Waals surface area contributed by atoms with Crippen molar-refractivity contribution < 1.29 is 4.74 Å². The second kappa shape index (κ2) is 14.2. The monoisotopic (exact) mass is 443 g/mol. The van der Waals surface area contributed by atoms with Crippen molar-refractivity contribution in [1.29, 1.82) is 0 Å². The van der Waals surface area contributed by atoms with Crippen molar-refractivity contribution in [3.63, 3.8) is 0 Å². The Balaban J connectivity index is 0.00000450. The summed E-state index contributed by atoms with van der Waals surface area (Å²) in [5.74, 6) is 6.38. The lowest BCUT2D eigenvalue weighted by atomic mass is 9.98. The van der Waals surface area contributed by atoms with Gasteiger partial charge in [-0.25, -0.2) is 0 Å². The molecule has 1 aromatic heterocycles. The van der Waals surface area contributed by atoms with Crippen molar-refractivity contribution in [3.05, 3.63) is 76.0 Å². The Hall–Kier alpha value is -1.83. The van der Waals surface area contributed by atoms with Gasteiger partial charge in [-0.05, 0) is 66.9 Å². The van der Waals surface area contributed by atoms with Crippen LogP contribution in [0.3, 0.4) is 0 Å². The SMILES string of the molecule is CCN(C/C=C/C#CC(C)(C)C)Cc1cccc(COC/C=C/c2ccsc2)c1.Cl. The maximum atomic E-state index is 5.80. The third kappa shape index (κ3) is 11.4. The Labute approximate surface area is 193 Å². The van der Waals surface area contributed by atoms with Crippen LogP contribution in [0.2, 0.25) is 0 Å². The number of rotatable bonds is 10. The Kier molecular flexibility index (Phi) is 12.4. The summed E-state index contributed by atoms with van der Waals surface area (Å²) in [7, 11) is 0. The zero-order chi connectivity index (χ0) is 21.0. The predicted octanol–water partition coefficient (Wildman–Crippen LogP) is 6.83. The lowest BCUT2D eigenvalue weighted by Crippen LogP contribution is -2.22. The fourth-order valence-electron chi connectivity index (χ4n) is 2.70. The second-order valence-corrected chi connectivity index (χ2v) is 8.82. The van der Waals surface area contributed by atoms with E-state index in [4.69, 9.17) is 4.74 Å². The van der Waals surface area contributed by atoms with Gasteiger partial charge in [-0.1, -0.05) is 61.3 Å². The van der Waals surface area contributed by atoms with Crippen molar-refractivity contribution in [2.45, 2.75) is 40.8 Å². The molecular formula is C26H34ClNOS. The highest BCUT2D eigenvalue weighted by Crippen LogP contribution is 2.11. The molecule has 0 radical (unpaired) electrons. The number of benzene rings is 1. The van der Waals surface area contributed by atoms with Gasteiger partial charge in [-0.2, -0.15) is 11.3 Å². The van der Waals surface area contributed by atoms with Crippen molar-refractivity contribution in [3.8, 4) is 11.8 Å². The van der Waals surface area contributed by atoms with Crippen LogP contribution < -0.4 is 0 Å². The third-order valence-corrected chi connectivity index (χ3v) is 4.89. The van der Waals surface area contributed by atoms with Gasteiger partial charge in [-0.3, -0.25) is 4.90 Å². The minimum absolute atomic E-state index is 0. The van der Waals surface area contributed by atoms with Gasteiger partial charge in [0.25, 0.3) is 0 Å². The molecule has 0 atom stereocenters. The summed E-state index contributed by atoms with van der Waals surface area (Å²) in [6.07, 6.45) is 8.29. The summed E-state index contributed by atoms with van der Waals surface area (Å²) < 4.78 is 5.80. The van der Waals surface area contributed by atoms with E-state index in [2.05, 4.69) is 104 Å². The van der Waals surface area contributed by atoms with Gasteiger partial charge >= 0.3 is 0 Å². The number of nitrogens with zero attached hydrogens (tertiary/aromatic N) is 1.